The maximum atomic E-state index is 9.42. The van der Waals surface area contributed by atoms with Gasteiger partial charge in [-0.2, -0.15) is 0 Å². The largest absolute Gasteiger partial charge is 0.392 e. The van der Waals surface area contributed by atoms with Crippen LogP contribution in [0.3, 0.4) is 0 Å². The van der Waals surface area contributed by atoms with Gasteiger partial charge in [0, 0.05) is 11.4 Å². The van der Waals surface area contributed by atoms with E-state index in [-0.39, 0.29) is 6.61 Å². The molecule has 3 heteroatoms. The van der Waals surface area contributed by atoms with Gasteiger partial charge >= 0.3 is 0 Å². The minimum Gasteiger partial charge on any atom is -0.392 e. The zero-order valence-electron chi connectivity index (χ0n) is 11.4. The predicted molar refractivity (Wildman–Crippen MR) is 82.2 cm³/mol. The molecule has 0 saturated carbocycles. The van der Waals surface area contributed by atoms with E-state index in [0.717, 1.165) is 24.9 Å². The van der Waals surface area contributed by atoms with Gasteiger partial charge in [-0.3, -0.25) is 0 Å². The summed E-state index contributed by atoms with van der Waals surface area (Å²) in [5.41, 5.74) is 2.38. The third kappa shape index (κ3) is 3.96. The Bertz CT molecular complexity index is 479. The number of allylic oxidation sites excluding steroid dienone is 2. The van der Waals surface area contributed by atoms with Crippen molar-refractivity contribution >= 4 is 11.8 Å². The molecule has 2 rings (SSSR count). The number of benzene rings is 1. The first-order valence-corrected chi connectivity index (χ1v) is 7.56. The summed E-state index contributed by atoms with van der Waals surface area (Å²) >= 11 is 1.81. The molecule has 2 nitrogen and oxygen atoms in total. The normalized spacial score (nSPS) is 15.7. The van der Waals surface area contributed by atoms with E-state index >= 15 is 0 Å². The van der Waals surface area contributed by atoms with Gasteiger partial charge in [0.05, 0.1) is 6.61 Å². The lowest BCUT2D eigenvalue weighted by Gasteiger charge is -2.13. The van der Waals surface area contributed by atoms with E-state index in [1.807, 2.05) is 25.2 Å². The molecular weight excluding hydrogens is 254 g/mol. The van der Waals surface area contributed by atoms with Crippen molar-refractivity contribution in [3.63, 3.8) is 0 Å². The molecule has 0 bridgehead atoms. The first-order chi connectivity index (χ1) is 9.35. The average molecular weight is 275 g/mol. The number of nitrogens with one attached hydrogen (secondary N) is 1. The number of thioether (sulfide) groups is 1. The van der Waals surface area contributed by atoms with Crippen LogP contribution in [0.4, 0.5) is 0 Å². The molecule has 0 fully saturated rings. The van der Waals surface area contributed by atoms with Crippen LogP contribution < -0.4 is 5.32 Å². The molecule has 0 aromatic heterocycles. The summed E-state index contributed by atoms with van der Waals surface area (Å²) in [6, 6.07) is 8.10. The third-order valence-electron chi connectivity index (χ3n) is 3.20. The Balaban J connectivity index is 2.25. The molecular formula is C16H21NOS. The second kappa shape index (κ2) is 7.53. The summed E-state index contributed by atoms with van der Waals surface area (Å²) in [5, 5.41) is 12.7. The van der Waals surface area contributed by atoms with Crippen molar-refractivity contribution in [2.45, 2.75) is 30.8 Å². The van der Waals surface area contributed by atoms with Crippen molar-refractivity contribution in [3.8, 4) is 0 Å². The maximum Gasteiger partial charge on any atom is 0.0692 e. The van der Waals surface area contributed by atoms with E-state index in [1.165, 1.54) is 21.8 Å². The van der Waals surface area contributed by atoms with Gasteiger partial charge in [-0.25, -0.2) is 0 Å². The maximum absolute atomic E-state index is 9.42. The van der Waals surface area contributed by atoms with Crippen LogP contribution in [-0.4, -0.2) is 18.7 Å². The Kier molecular flexibility index (Phi) is 5.70. The molecule has 0 spiro atoms. The molecule has 1 aliphatic carbocycles. The summed E-state index contributed by atoms with van der Waals surface area (Å²) in [5.74, 6) is 0. The second-order valence-electron chi connectivity index (χ2n) is 4.64. The van der Waals surface area contributed by atoms with Crippen LogP contribution >= 0.6 is 11.8 Å². The Morgan fingerprint density at radius 1 is 1.32 bits per heavy atom. The molecule has 0 saturated heterocycles. The van der Waals surface area contributed by atoms with Crippen molar-refractivity contribution in [2.24, 2.45) is 0 Å². The third-order valence-corrected chi connectivity index (χ3v) is 4.53. The average Bonchev–Trinajstić information content (AvgIpc) is 2.66. The summed E-state index contributed by atoms with van der Waals surface area (Å²) < 4.78 is 0. The summed E-state index contributed by atoms with van der Waals surface area (Å²) in [4.78, 5) is 2.59. The SMILES string of the molecule is CNCC1=C(Sc2ccccc2CO)CCCC=C1. The Labute approximate surface area is 119 Å². The van der Waals surface area contributed by atoms with E-state index in [1.54, 1.807) is 11.8 Å². The molecule has 1 aliphatic rings. The highest BCUT2D eigenvalue weighted by Crippen LogP contribution is 2.36. The van der Waals surface area contributed by atoms with Gasteiger partial charge in [-0.05, 0) is 48.4 Å². The molecule has 1 aromatic rings. The smallest absolute Gasteiger partial charge is 0.0692 e. The molecule has 102 valence electrons. The highest BCUT2D eigenvalue weighted by atomic mass is 32.2. The topological polar surface area (TPSA) is 32.3 Å². The highest BCUT2D eigenvalue weighted by molar-refractivity contribution is 8.03. The summed E-state index contributed by atoms with van der Waals surface area (Å²) in [6.07, 6.45) is 7.98. The fourth-order valence-electron chi connectivity index (χ4n) is 2.19. The first kappa shape index (κ1) is 14.4. The minimum absolute atomic E-state index is 0.105. The highest BCUT2D eigenvalue weighted by Gasteiger charge is 2.11. The number of hydrogen-bond donors (Lipinski definition) is 2. The number of rotatable bonds is 5. The van der Waals surface area contributed by atoms with Crippen LogP contribution in [0.5, 0.6) is 0 Å². The van der Waals surface area contributed by atoms with Crippen LogP contribution in [0, 0.1) is 0 Å². The standard InChI is InChI=1S/C16H21NOS/c1-17-11-13-7-3-2-4-9-15(13)19-16-10-6-5-8-14(16)12-18/h3,5-8,10,17-18H,2,4,9,11-12H2,1H3. The van der Waals surface area contributed by atoms with Gasteiger partial charge in [0.15, 0.2) is 0 Å². The van der Waals surface area contributed by atoms with Gasteiger partial charge in [-0.15, -0.1) is 0 Å². The van der Waals surface area contributed by atoms with Gasteiger partial charge in [0.1, 0.15) is 0 Å². The molecule has 1 aromatic carbocycles. The van der Waals surface area contributed by atoms with Gasteiger partial charge in [0.2, 0.25) is 0 Å². The van der Waals surface area contributed by atoms with Crippen molar-refractivity contribution in [1.82, 2.24) is 5.32 Å². The lowest BCUT2D eigenvalue weighted by molar-refractivity contribution is 0.279. The lowest BCUT2D eigenvalue weighted by Crippen LogP contribution is -2.10. The quantitative estimate of drug-likeness (QED) is 0.863. The lowest BCUT2D eigenvalue weighted by atomic mass is 10.2. The molecule has 0 unspecified atom stereocenters. The van der Waals surface area contributed by atoms with Crippen molar-refractivity contribution < 1.29 is 5.11 Å². The summed E-state index contributed by atoms with van der Waals surface area (Å²) in [6.45, 7) is 1.01. The van der Waals surface area contributed by atoms with Crippen LogP contribution in [-0.2, 0) is 6.61 Å². The van der Waals surface area contributed by atoms with E-state index in [4.69, 9.17) is 0 Å². The minimum atomic E-state index is 0.105. The Morgan fingerprint density at radius 3 is 2.95 bits per heavy atom. The van der Waals surface area contributed by atoms with Crippen molar-refractivity contribution in [2.75, 3.05) is 13.6 Å². The number of hydrogen-bond acceptors (Lipinski definition) is 3. The fraction of sp³-hybridized carbons (Fsp3) is 0.375. The van der Waals surface area contributed by atoms with Gasteiger partial charge in [0.25, 0.3) is 0 Å². The number of aliphatic hydroxyl groups excluding tert-OH is 1. The second-order valence-corrected chi connectivity index (χ2v) is 5.78. The van der Waals surface area contributed by atoms with Crippen molar-refractivity contribution in [1.29, 1.82) is 0 Å². The predicted octanol–water partition coefficient (Wildman–Crippen LogP) is 3.48. The number of aliphatic hydroxyl groups is 1. The van der Waals surface area contributed by atoms with Gasteiger partial charge in [-0.1, -0.05) is 42.1 Å². The molecule has 0 amide bonds. The Morgan fingerprint density at radius 2 is 2.16 bits per heavy atom. The zero-order valence-corrected chi connectivity index (χ0v) is 12.2. The molecule has 19 heavy (non-hydrogen) atoms. The molecule has 0 heterocycles. The molecule has 0 aliphatic heterocycles. The zero-order chi connectivity index (χ0) is 13.5. The van der Waals surface area contributed by atoms with E-state index in [2.05, 4.69) is 23.5 Å². The van der Waals surface area contributed by atoms with Crippen LogP contribution in [0.15, 0.2) is 51.8 Å². The van der Waals surface area contributed by atoms with Crippen LogP contribution in [0.25, 0.3) is 0 Å². The van der Waals surface area contributed by atoms with Crippen molar-refractivity contribution in [3.05, 3.63) is 52.5 Å². The van der Waals surface area contributed by atoms with E-state index in [9.17, 15) is 5.11 Å². The fourth-order valence-corrected chi connectivity index (χ4v) is 3.38. The monoisotopic (exact) mass is 275 g/mol. The number of likely N-dealkylation sites (N-methyl/N-ethyl adjacent to an activating group) is 1. The molecule has 0 radical (unpaired) electrons. The van der Waals surface area contributed by atoms with Crippen LogP contribution in [0.2, 0.25) is 0 Å². The van der Waals surface area contributed by atoms with E-state index in [0.29, 0.717) is 0 Å². The first-order valence-electron chi connectivity index (χ1n) is 6.75. The summed E-state index contributed by atoms with van der Waals surface area (Å²) in [7, 11) is 1.98. The Hall–Kier alpha value is -1.03. The van der Waals surface area contributed by atoms with Crippen LogP contribution in [0.1, 0.15) is 24.8 Å². The van der Waals surface area contributed by atoms with E-state index < -0.39 is 0 Å². The molecule has 0 atom stereocenters. The van der Waals surface area contributed by atoms with Gasteiger partial charge < -0.3 is 10.4 Å². The molecule has 2 N–H and O–H groups in total.